The van der Waals surface area contributed by atoms with Gasteiger partial charge in [0, 0.05) is 19.6 Å². The number of rotatable bonds is 8. The molecule has 0 aromatic rings. The first-order valence-corrected chi connectivity index (χ1v) is 8.06. The van der Waals surface area contributed by atoms with Gasteiger partial charge in [-0.25, -0.2) is 0 Å². The average molecular weight is 269 g/mol. The topological polar surface area (TPSA) is 41.3 Å². The van der Waals surface area contributed by atoms with E-state index in [-0.39, 0.29) is 0 Å². The van der Waals surface area contributed by atoms with Crippen LogP contribution >= 0.6 is 0 Å². The van der Waals surface area contributed by atoms with Crippen LogP contribution < -0.4 is 11.1 Å². The van der Waals surface area contributed by atoms with Gasteiger partial charge in [-0.3, -0.25) is 0 Å². The van der Waals surface area contributed by atoms with Gasteiger partial charge < -0.3 is 16.0 Å². The van der Waals surface area contributed by atoms with Gasteiger partial charge in [0.15, 0.2) is 0 Å². The van der Waals surface area contributed by atoms with Crippen molar-refractivity contribution < 1.29 is 0 Å². The molecule has 0 unspecified atom stereocenters. The second kappa shape index (κ2) is 8.23. The van der Waals surface area contributed by atoms with Crippen molar-refractivity contribution in [2.75, 3.05) is 39.3 Å². The smallest absolute Gasteiger partial charge is 0.0105 e. The molecule has 3 heteroatoms. The van der Waals surface area contributed by atoms with Gasteiger partial charge in [-0.2, -0.15) is 0 Å². The van der Waals surface area contributed by atoms with Crippen molar-refractivity contribution in [2.45, 2.75) is 47.0 Å². The number of likely N-dealkylation sites (tertiary alicyclic amines) is 1. The van der Waals surface area contributed by atoms with Crippen LogP contribution in [-0.2, 0) is 0 Å². The number of hydrogen-bond donors (Lipinski definition) is 2. The molecule has 0 aromatic heterocycles. The van der Waals surface area contributed by atoms with E-state index in [1.807, 2.05) is 0 Å². The molecule has 1 fully saturated rings. The Hall–Kier alpha value is -0.120. The lowest BCUT2D eigenvalue weighted by molar-refractivity contribution is 0.181. The van der Waals surface area contributed by atoms with Crippen molar-refractivity contribution in [2.24, 2.45) is 23.0 Å². The molecule has 0 amide bonds. The van der Waals surface area contributed by atoms with E-state index in [2.05, 4.69) is 37.9 Å². The molecule has 0 aliphatic carbocycles. The summed E-state index contributed by atoms with van der Waals surface area (Å²) in [6.07, 6.45) is 3.96. The summed E-state index contributed by atoms with van der Waals surface area (Å²) < 4.78 is 0. The summed E-state index contributed by atoms with van der Waals surface area (Å²) in [5.74, 6) is 1.65. The first-order valence-electron chi connectivity index (χ1n) is 8.06. The second-order valence-corrected chi connectivity index (χ2v) is 7.47. The van der Waals surface area contributed by atoms with E-state index in [1.54, 1.807) is 0 Å². The molecule has 0 saturated carbocycles. The van der Waals surface area contributed by atoms with Gasteiger partial charge in [-0.15, -0.1) is 0 Å². The molecule has 1 rings (SSSR count). The van der Waals surface area contributed by atoms with Gasteiger partial charge in [0.1, 0.15) is 0 Å². The molecule has 0 spiro atoms. The van der Waals surface area contributed by atoms with E-state index in [0.717, 1.165) is 31.5 Å². The van der Waals surface area contributed by atoms with Crippen molar-refractivity contribution in [1.82, 2.24) is 10.2 Å². The number of nitrogens with two attached hydrogens (primary N) is 1. The fourth-order valence-electron chi connectivity index (χ4n) is 3.39. The fraction of sp³-hybridized carbons (Fsp3) is 1.00. The highest BCUT2D eigenvalue weighted by atomic mass is 15.1. The molecule has 0 atom stereocenters. The maximum Gasteiger partial charge on any atom is 0.0105 e. The molecule has 1 aliphatic heterocycles. The van der Waals surface area contributed by atoms with Gasteiger partial charge in [0.2, 0.25) is 0 Å². The Morgan fingerprint density at radius 3 is 2.42 bits per heavy atom. The minimum Gasteiger partial charge on any atom is -0.329 e. The predicted molar refractivity (Wildman–Crippen MR) is 84.3 cm³/mol. The Morgan fingerprint density at radius 1 is 1.26 bits per heavy atom. The molecule has 3 N–H and O–H groups in total. The molecule has 19 heavy (non-hydrogen) atoms. The molecule has 1 heterocycles. The quantitative estimate of drug-likeness (QED) is 0.710. The third-order valence-corrected chi connectivity index (χ3v) is 4.15. The summed E-state index contributed by atoms with van der Waals surface area (Å²) >= 11 is 0. The highest BCUT2D eigenvalue weighted by molar-refractivity contribution is 4.77. The first-order chi connectivity index (χ1) is 8.93. The fourth-order valence-corrected chi connectivity index (χ4v) is 3.39. The van der Waals surface area contributed by atoms with Gasteiger partial charge in [-0.1, -0.05) is 27.7 Å². The zero-order valence-electron chi connectivity index (χ0n) is 13.5. The first kappa shape index (κ1) is 16.9. The summed E-state index contributed by atoms with van der Waals surface area (Å²) in [4.78, 5) is 2.50. The summed E-state index contributed by atoms with van der Waals surface area (Å²) in [6.45, 7) is 16.1. The van der Waals surface area contributed by atoms with E-state index in [4.69, 9.17) is 5.73 Å². The molecule has 3 nitrogen and oxygen atoms in total. The Balaban J connectivity index is 2.13. The van der Waals surface area contributed by atoms with Gasteiger partial charge >= 0.3 is 0 Å². The summed E-state index contributed by atoms with van der Waals surface area (Å²) in [6, 6.07) is 0. The van der Waals surface area contributed by atoms with Crippen LogP contribution in [0.25, 0.3) is 0 Å². The third-order valence-electron chi connectivity index (χ3n) is 4.15. The zero-order chi connectivity index (χ0) is 14.3. The Bertz CT molecular complexity index is 230. The van der Waals surface area contributed by atoms with E-state index in [1.165, 1.54) is 38.9 Å². The molecule has 0 bridgehead atoms. The number of nitrogens with one attached hydrogen (secondary N) is 1. The Kier molecular flexibility index (Phi) is 7.33. The van der Waals surface area contributed by atoms with Gasteiger partial charge in [0.05, 0.1) is 0 Å². The van der Waals surface area contributed by atoms with Crippen LogP contribution in [-0.4, -0.2) is 44.2 Å². The predicted octanol–water partition coefficient (Wildman–Crippen LogP) is 2.32. The maximum atomic E-state index is 5.61. The molecule has 0 aromatic carbocycles. The molecule has 1 aliphatic rings. The van der Waals surface area contributed by atoms with Crippen molar-refractivity contribution in [3.8, 4) is 0 Å². The van der Waals surface area contributed by atoms with Crippen LogP contribution in [0, 0.1) is 17.3 Å². The standard InChI is InChI=1S/C16H35N3/c1-14(2)11-16(3,4)13-18-12-15-5-8-19(9-6-15)10-7-17/h14-15,18H,5-13,17H2,1-4H3. The monoisotopic (exact) mass is 269 g/mol. The van der Waals surface area contributed by atoms with Crippen LogP contribution in [0.4, 0.5) is 0 Å². The van der Waals surface area contributed by atoms with E-state index >= 15 is 0 Å². The van der Waals surface area contributed by atoms with Crippen LogP contribution in [0.15, 0.2) is 0 Å². The highest BCUT2D eigenvalue weighted by Crippen LogP contribution is 2.24. The lowest BCUT2D eigenvalue weighted by Crippen LogP contribution is -2.41. The second-order valence-electron chi connectivity index (χ2n) is 7.47. The Morgan fingerprint density at radius 2 is 1.89 bits per heavy atom. The van der Waals surface area contributed by atoms with Crippen molar-refractivity contribution in [1.29, 1.82) is 0 Å². The van der Waals surface area contributed by atoms with Crippen LogP contribution in [0.2, 0.25) is 0 Å². The van der Waals surface area contributed by atoms with E-state index in [0.29, 0.717) is 5.41 Å². The molecule has 114 valence electrons. The highest BCUT2D eigenvalue weighted by Gasteiger charge is 2.21. The van der Waals surface area contributed by atoms with Crippen LogP contribution in [0.1, 0.15) is 47.0 Å². The minimum absolute atomic E-state index is 0.425. The van der Waals surface area contributed by atoms with Gasteiger partial charge in [0.25, 0.3) is 0 Å². The summed E-state index contributed by atoms with van der Waals surface area (Å²) in [5.41, 5.74) is 6.03. The van der Waals surface area contributed by atoms with Gasteiger partial charge in [-0.05, 0) is 56.1 Å². The largest absolute Gasteiger partial charge is 0.329 e. The summed E-state index contributed by atoms with van der Waals surface area (Å²) in [5, 5.41) is 3.70. The number of nitrogens with zero attached hydrogens (tertiary/aromatic N) is 1. The maximum absolute atomic E-state index is 5.61. The Labute approximate surface area is 120 Å². The molecular formula is C16H35N3. The molecule has 1 saturated heterocycles. The molecule has 0 radical (unpaired) electrons. The number of hydrogen-bond acceptors (Lipinski definition) is 3. The zero-order valence-corrected chi connectivity index (χ0v) is 13.5. The summed E-state index contributed by atoms with van der Waals surface area (Å²) in [7, 11) is 0. The SMILES string of the molecule is CC(C)CC(C)(C)CNCC1CCN(CCN)CC1. The third kappa shape index (κ3) is 7.28. The van der Waals surface area contributed by atoms with Crippen molar-refractivity contribution in [3.05, 3.63) is 0 Å². The average Bonchev–Trinajstić information content (AvgIpc) is 2.30. The lowest BCUT2D eigenvalue weighted by Gasteiger charge is -2.33. The lowest BCUT2D eigenvalue weighted by atomic mass is 9.84. The molecular weight excluding hydrogens is 234 g/mol. The van der Waals surface area contributed by atoms with Crippen molar-refractivity contribution in [3.63, 3.8) is 0 Å². The van der Waals surface area contributed by atoms with Crippen molar-refractivity contribution >= 4 is 0 Å². The minimum atomic E-state index is 0.425. The normalized spacial score (nSPS) is 19.3. The number of piperidine rings is 1. The van der Waals surface area contributed by atoms with Crippen LogP contribution in [0.5, 0.6) is 0 Å². The van der Waals surface area contributed by atoms with Crippen LogP contribution in [0.3, 0.4) is 0 Å². The van der Waals surface area contributed by atoms with E-state index < -0.39 is 0 Å². The van der Waals surface area contributed by atoms with E-state index in [9.17, 15) is 0 Å².